The zero-order valence-corrected chi connectivity index (χ0v) is 29.2. The van der Waals surface area contributed by atoms with E-state index in [0.29, 0.717) is 17.5 Å². The van der Waals surface area contributed by atoms with E-state index in [0.717, 1.165) is 72.2 Å². The van der Waals surface area contributed by atoms with Crippen molar-refractivity contribution in [2.45, 2.75) is 5.40 Å². The Kier molecular flexibility index (Phi) is 7.15. The molecule has 0 atom stereocenters. The summed E-state index contributed by atoms with van der Waals surface area (Å²) in [7, 11) is 4.26. The molecule has 0 spiro atoms. The van der Waals surface area contributed by atoms with Gasteiger partial charge in [-0.15, -0.1) is 0 Å². The van der Waals surface area contributed by atoms with Crippen molar-refractivity contribution in [3.05, 3.63) is 169 Å². The lowest BCUT2D eigenvalue weighted by Crippen LogP contribution is -2.37. The van der Waals surface area contributed by atoms with Gasteiger partial charge in [0, 0.05) is 27.5 Å². The Morgan fingerprint density at radius 3 is 1.91 bits per heavy atom. The third-order valence-electron chi connectivity index (χ3n) is 10.2. The van der Waals surface area contributed by atoms with Crippen LogP contribution in [0.2, 0.25) is 0 Å². The Hall–Kier alpha value is -6.72. The van der Waals surface area contributed by atoms with Gasteiger partial charge in [-0.05, 0) is 57.6 Å². The van der Waals surface area contributed by atoms with Crippen molar-refractivity contribution in [3.8, 4) is 73.3 Å². The number of rotatable bonds is 5. The van der Waals surface area contributed by atoms with E-state index >= 15 is 0 Å². The topological polar surface area (TPSA) is 61.0 Å². The van der Waals surface area contributed by atoms with Crippen LogP contribution >= 0.6 is 0 Å². The van der Waals surface area contributed by atoms with Crippen molar-refractivity contribution < 1.29 is 9.15 Å². The highest BCUT2D eigenvalue weighted by Crippen LogP contribution is 2.47. The van der Waals surface area contributed by atoms with Crippen LogP contribution in [-0.2, 0) is 5.40 Å². The van der Waals surface area contributed by atoms with Gasteiger partial charge >= 0.3 is 0 Å². The molecular weight excluding hydrogens is 648 g/mol. The predicted octanol–water partition coefficient (Wildman–Crippen LogP) is 9.54. The minimum atomic E-state index is -0.460. The Morgan fingerprint density at radius 1 is 0.434 bits per heavy atom. The van der Waals surface area contributed by atoms with Crippen molar-refractivity contribution in [3.63, 3.8) is 0 Å². The van der Waals surface area contributed by atoms with E-state index in [4.69, 9.17) is 24.1 Å². The lowest BCUT2D eigenvalue weighted by Gasteiger charge is -2.36. The van der Waals surface area contributed by atoms with Gasteiger partial charge in [-0.2, -0.15) is 0 Å². The highest BCUT2D eigenvalue weighted by Gasteiger charge is 2.33. The number of hydrogen-bond donors (Lipinski definition) is 0. The maximum absolute atomic E-state index is 6.46. The molecule has 0 aliphatic carbocycles. The van der Waals surface area contributed by atoms with Gasteiger partial charge in [0.15, 0.2) is 33.2 Å². The lowest BCUT2D eigenvalue weighted by atomic mass is 9.58. The molecule has 1 aliphatic heterocycles. The van der Waals surface area contributed by atoms with Crippen molar-refractivity contribution in [2.24, 2.45) is 0 Å². The summed E-state index contributed by atoms with van der Waals surface area (Å²) in [6.07, 6.45) is 0. The Labute approximate surface area is 308 Å². The van der Waals surface area contributed by atoms with Crippen molar-refractivity contribution in [1.29, 1.82) is 0 Å². The molecule has 2 aromatic heterocycles. The van der Waals surface area contributed by atoms with E-state index in [1.54, 1.807) is 0 Å². The molecule has 7 aromatic carbocycles. The summed E-state index contributed by atoms with van der Waals surface area (Å²) in [4.78, 5) is 15.3. The molecule has 0 fully saturated rings. The first-order valence-electron chi connectivity index (χ1n) is 17.9. The van der Waals surface area contributed by atoms with E-state index < -0.39 is 5.40 Å². The van der Waals surface area contributed by atoms with E-state index in [-0.39, 0.29) is 0 Å². The highest BCUT2D eigenvalue weighted by molar-refractivity contribution is 6.40. The number of para-hydroxylation sites is 3. The lowest BCUT2D eigenvalue weighted by molar-refractivity contribution is 0.241. The number of hydrogen-bond acceptors (Lipinski definition) is 5. The van der Waals surface area contributed by atoms with E-state index in [2.05, 4.69) is 137 Å². The van der Waals surface area contributed by atoms with Gasteiger partial charge in [0.05, 0.1) is 11.0 Å². The molecule has 0 radical (unpaired) electrons. The number of furan rings is 1. The molecule has 0 N–H and O–H groups in total. The highest BCUT2D eigenvalue weighted by atomic mass is 16.5. The van der Waals surface area contributed by atoms with Crippen LogP contribution in [0.25, 0.3) is 89.5 Å². The Balaban J connectivity index is 1.13. The van der Waals surface area contributed by atoms with Crippen molar-refractivity contribution in [1.82, 2.24) is 15.0 Å². The van der Waals surface area contributed by atoms with Crippen LogP contribution in [0.4, 0.5) is 0 Å². The minimum absolute atomic E-state index is 0.460. The van der Waals surface area contributed by atoms with Crippen LogP contribution in [0, 0.1) is 0 Å². The van der Waals surface area contributed by atoms with Gasteiger partial charge in [-0.3, -0.25) is 0 Å². The molecule has 10 rings (SSSR count). The van der Waals surface area contributed by atoms with Gasteiger partial charge in [0.2, 0.25) is 0 Å². The molecule has 9 aromatic rings. The maximum atomic E-state index is 6.46. The molecule has 248 valence electrons. The summed E-state index contributed by atoms with van der Waals surface area (Å²) >= 11 is 0. The van der Waals surface area contributed by atoms with E-state index in [9.17, 15) is 0 Å². The summed E-state index contributed by atoms with van der Waals surface area (Å²) in [6.45, 7) is 0. The monoisotopic (exact) mass is 679 g/mol. The van der Waals surface area contributed by atoms with Crippen LogP contribution in [-0.4, -0.2) is 30.6 Å². The van der Waals surface area contributed by atoms with Gasteiger partial charge in [-0.1, -0.05) is 140 Å². The summed E-state index contributed by atoms with van der Waals surface area (Å²) < 4.78 is 12.9. The van der Waals surface area contributed by atoms with E-state index in [1.807, 2.05) is 42.5 Å². The third-order valence-corrected chi connectivity index (χ3v) is 10.2. The maximum Gasteiger partial charge on any atom is 0.167 e. The zero-order valence-electron chi connectivity index (χ0n) is 29.2. The summed E-state index contributed by atoms with van der Waals surface area (Å²) in [5.41, 5.74) is 12.2. The number of fused-ring (bicyclic) bond motifs is 6. The predicted molar refractivity (Wildman–Crippen MR) is 219 cm³/mol. The van der Waals surface area contributed by atoms with Gasteiger partial charge in [0.25, 0.3) is 0 Å². The SMILES string of the molecule is BC1(B)Oc2ccccc2-c2c(-c3ccc(-c4nc(-c5cccc(-c6ccccc6)c5)nc(-c5cccc6c5oc5ccccc56)n4)cc3)cccc21. The average Bonchev–Trinajstić information content (AvgIpc) is 3.60. The first-order chi connectivity index (χ1) is 26.0. The Bertz CT molecular complexity index is 2850. The number of ether oxygens (including phenoxy) is 1. The summed E-state index contributed by atoms with van der Waals surface area (Å²) in [5, 5.41) is 1.63. The molecule has 5 nitrogen and oxygen atoms in total. The molecule has 1 aliphatic rings. The fourth-order valence-corrected chi connectivity index (χ4v) is 7.62. The van der Waals surface area contributed by atoms with Gasteiger partial charge in [-0.25, -0.2) is 15.0 Å². The number of benzene rings is 7. The number of nitrogens with zero attached hydrogens (tertiary/aromatic N) is 3. The molecule has 0 bridgehead atoms. The van der Waals surface area contributed by atoms with Crippen molar-refractivity contribution in [2.75, 3.05) is 0 Å². The standard InChI is InChI=1S/C46H31B2N3O2/c47-46(48)38-20-10-17-33(41(38)36-16-5-7-22-40(36)53-46)29-23-25-30(26-24-29)43-49-44(32-14-8-13-31(27-32)28-11-2-1-3-12-28)51-45(50-43)37-19-9-18-35-34-15-4-6-21-39(34)52-42(35)37/h1-27H,47-48H2. The van der Waals surface area contributed by atoms with Gasteiger partial charge < -0.3 is 9.15 Å². The first kappa shape index (κ1) is 31.1. The average molecular weight is 679 g/mol. The van der Waals surface area contributed by atoms with Crippen LogP contribution in [0.1, 0.15) is 5.56 Å². The van der Waals surface area contributed by atoms with Crippen LogP contribution in [0.15, 0.2) is 168 Å². The second-order valence-corrected chi connectivity index (χ2v) is 13.9. The van der Waals surface area contributed by atoms with Crippen LogP contribution in [0.3, 0.4) is 0 Å². The fraction of sp³-hybridized carbons (Fsp3) is 0.0217. The van der Waals surface area contributed by atoms with Crippen LogP contribution < -0.4 is 4.74 Å². The second-order valence-electron chi connectivity index (χ2n) is 13.9. The molecule has 0 amide bonds. The molecular formula is C46H31B2N3O2. The first-order valence-corrected chi connectivity index (χ1v) is 17.9. The van der Waals surface area contributed by atoms with Crippen molar-refractivity contribution >= 4 is 37.6 Å². The third kappa shape index (κ3) is 5.32. The molecule has 0 saturated carbocycles. The molecule has 0 unspecified atom stereocenters. The minimum Gasteiger partial charge on any atom is -0.500 e. The van der Waals surface area contributed by atoms with Crippen LogP contribution in [0.5, 0.6) is 5.75 Å². The molecule has 3 heterocycles. The normalized spacial score (nSPS) is 13.0. The Morgan fingerprint density at radius 2 is 1.04 bits per heavy atom. The van der Waals surface area contributed by atoms with E-state index in [1.165, 1.54) is 11.1 Å². The van der Waals surface area contributed by atoms with Gasteiger partial charge in [0.1, 0.15) is 16.9 Å². The summed E-state index contributed by atoms with van der Waals surface area (Å²) in [6, 6.07) is 56.3. The molecule has 7 heteroatoms. The second kappa shape index (κ2) is 12.2. The smallest absolute Gasteiger partial charge is 0.167 e. The number of aromatic nitrogens is 3. The summed E-state index contributed by atoms with van der Waals surface area (Å²) in [5.74, 6) is 2.63. The zero-order chi connectivity index (χ0) is 35.5. The quantitative estimate of drug-likeness (QED) is 0.170. The molecule has 0 saturated heterocycles. The molecule has 53 heavy (non-hydrogen) atoms. The fourth-order valence-electron chi connectivity index (χ4n) is 7.62. The largest absolute Gasteiger partial charge is 0.500 e.